The number of carbonyl (C=O) groups excluding carboxylic acids is 1. The van der Waals surface area contributed by atoms with Crippen molar-refractivity contribution >= 4 is 17.8 Å². The van der Waals surface area contributed by atoms with Gasteiger partial charge in [-0.1, -0.05) is 0 Å². The van der Waals surface area contributed by atoms with Crippen molar-refractivity contribution < 1.29 is 4.79 Å². The van der Waals surface area contributed by atoms with Gasteiger partial charge >= 0.3 is 6.03 Å². The molecular weight excluding hydrogens is 176 g/mol. The Hall–Kier alpha value is -0.460. The molecule has 5 N–H and O–H groups in total. The summed E-state index contributed by atoms with van der Waals surface area (Å²) < 4.78 is 0. The zero-order chi connectivity index (χ0) is 8.97. The van der Waals surface area contributed by atoms with Gasteiger partial charge in [-0.3, -0.25) is 5.43 Å². The van der Waals surface area contributed by atoms with Gasteiger partial charge in [0.25, 0.3) is 0 Å². The van der Waals surface area contributed by atoms with Crippen LogP contribution in [0.5, 0.6) is 0 Å². The third kappa shape index (κ3) is 2.26. The van der Waals surface area contributed by atoms with E-state index in [1.54, 1.807) is 11.8 Å². The van der Waals surface area contributed by atoms with Crippen LogP contribution in [0.4, 0.5) is 4.79 Å². The second-order valence-electron chi connectivity index (χ2n) is 2.68. The topological polar surface area (TPSA) is 84.4 Å². The van der Waals surface area contributed by atoms with E-state index in [-0.39, 0.29) is 5.37 Å². The Morgan fingerprint density at radius 3 is 2.83 bits per heavy atom. The molecule has 1 fully saturated rings. The number of rotatable bonds is 1. The summed E-state index contributed by atoms with van der Waals surface area (Å²) in [5.74, 6) is 11.5. The fourth-order valence-corrected chi connectivity index (χ4v) is 2.38. The van der Waals surface area contributed by atoms with E-state index >= 15 is 0 Å². The highest BCUT2D eigenvalue weighted by molar-refractivity contribution is 7.99. The highest BCUT2D eigenvalue weighted by Gasteiger charge is 2.22. The quantitative estimate of drug-likeness (QED) is 0.308. The maximum absolute atomic E-state index is 11.0. The monoisotopic (exact) mass is 190 g/mol. The molecule has 1 aliphatic heterocycles. The maximum atomic E-state index is 11.0. The molecule has 0 aromatic heterocycles. The van der Waals surface area contributed by atoms with Crippen LogP contribution in [0.3, 0.4) is 0 Å². The van der Waals surface area contributed by atoms with E-state index in [0.29, 0.717) is 0 Å². The van der Waals surface area contributed by atoms with Gasteiger partial charge in [-0.25, -0.2) is 21.5 Å². The summed E-state index contributed by atoms with van der Waals surface area (Å²) >= 11 is 1.70. The fourth-order valence-electron chi connectivity index (χ4n) is 1.15. The highest BCUT2D eigenvalue weighted by Crippen LogP contribution is 2.25. The maximum Gasteiger partial charge on any atom is 0.346 e. The fraction of sp³-hybridized carbons (Fsp3) is 0.833. The van der Waals surface area contributed by atoms with Crippen molar-refractivity contribution in [3.63, 3.8) is 0 Å². The average Bonchev–Trinajstić information content (AvgIpc) is 2.17. The molecule has 1 heterocycles. The Labute approximate surface area is 75.8 Å². The molecule has 0 spiro atoms. The van der Waals surface area contributed by atoms with Crippen molar-refractivity contribution in [2.24, 2.45) is 11.7 Å². The van der Waals surface area contributed by atoms with E-state index in [4.69, 9.17) is 11.7 Å². The molecule has 0 bridgehead atoms. The first-order valence-electron chi connectivity index (χ1n) is 3.92. The smallest absolute Gasteiger partial charge is 0.275 e. The first kappa shape index (κ1) is 9.63. The molecule has 70 valence electrons. The Morgan fingerprint density at radius 1 is 1.58 bits per heavy atom. The first-order valence-corrected chi connectivity index (χ1v) is 4.96. The number of carbonyl (C=O) groups is 1. The standard InChI is InChI=1S/C6H14N4OS/c7-9-6(11)10(8)5-3-1-2-4-12-5/h5H,1-4,7-8H2,(H,9,11). The minimum Gasteiger partial charge on any atom is -0.275 e. The predicted molar refractivity (Wildman–Crippen MR) is 48.8 cm³/mol. The van der Waals surface area contributed by atoms with E-state index in [9.17, 15) is 4.79 Å². The SMILES string of the molecule is NNC(=O)N(N)C1CCCCS1. The van der Waals surface area contributed by atoms with Crippen LogP contribution < -0.4 is 17.1 Å². The summed E-state index contributed by atoms with van der Waals surface area (Å²) in [6, 6.07) is -0.422. The van der Waals surface area contributed by atoms with Crippen molar-refractivity contribution in [1.82, 2.24) is 10.4 Å². The van der Waals surface area contributed by atoms with Gasteiger partial charge < -0.3 is 0 Å². The van der Waals surface area contributed by atoms with Crippen LogP contribution in [-0.2, 0) is 0 Å². The Balaban J connectivity index is 2.39. The molecule has 0 radical (unpaired) electrons. The molecule has 1 unspecified atom stereocenters. The third-order valence-corrected chi connectivity index (χ3v) is 3.20. The molecule has 5 nitrogen and oxygen atoms in total. The minimum absolute atomic E-state index is 0.0855. The zero-order valence-corrected chi connectivity index (χ0v) is 7.64. The Morgan fingerprint density at radius 2 is 2.33 bits per heavy atom. The first-order chi connectivity index (χ1) is 5.75. The van der Waals surface area contributed by atoms with Gasteiger partial charge in [0.05, 0.1) is 5.37 Å². The van der Waals surface area contributed by atoms with Gasteiger partial charge in [-0.2, -0.15) is 0 Å². The van der Waals surface area contributed by atoms with Crippen molar-refractivity contribution in [1.29, 1.82) is 0 Å². The third-order valence-electron chi connectivity index (χ3n) is 1.82. The molecule has 1 saturated heterocycles. The number of hydrogen-bond acceptors (Lipinski definition) is 4. The molecular formula is C6H14N4OS. The second-order valence-corrected chi connectivity index (χ2v) is 3.96. The lowest BCUT2D eigenvalue weighted by molar-refractivity contribution is 0.191. The van der Waals surface area contributed by atoms with Crippen LogP contribution in [0.25, 0.3) is 0 Å². The summed E-state index contributed by atoms with van der Waals surface area (Å²) in [6.07, 6.45) is 3.29. The lowest BCUT2D eigenvalue weighted by Gasteiger charge is -2.29. The second kappa shape index (κ2) is 4.54. The van der Waals surface area contributed by atoms with Crippen molar-refractivity contribution in [2.45, 2.75) is 24.6 Å². The number of hydrazine groups is 2. The highest BCUT2D eigenvalue weighted by atomic mass is 32.2. The van der Waals surface area contributed by atoms with E-state index in [0.717, 1.165) is 18.6 Å². The Bertz CT molecular complexity index is 160. The molecule has 1 atom stereocenters. The van der Waals surface area contributed by atoms with Crippen LogP contribution in [0.15, 0.2) is 0 Å². The molecule has 0 aromatic carbocycles. The molecule has 2 amide bonds. The van der Waals surface area contributed by atoms with Gasteiger partial charge in [0.2, 0.25) is 0 Å². The molecule has 0 aromatic rings. The van der Waals surface area contributed by atoms with E-state index in [1.807, 2.05) is 5.43 Å². The van der Waals surface area contributed by atoms with E-state index in [2.05, 4.69) is 0 Å². The van der Waals surface area contributed by atoms with Gasteiger partial charge in [-0.05, 0) is 25.0 Å². The van der Waals surface area contributed by atoms with Crippen LogP contribution in [0, 0.1) is 0 Å². The van der Waals surface area contributed by atoms with Gasteiger partial charge in [0.1, 0.15) is 0 Å². The summed E-state index contributed by atoms with van der Waals surface area (Å²) in [7, 11) is 0. The normalized spacial score (nSPS) is 23.3. The van der Waals surface area contributed by atoms with Crippen molar-refractivity contribution in [3.8, 4) is 0 Å². The van der Waals surface area contributed by atoms with Crippen molar-refractivity contribution in [2.75, 3.05) is 5.75 Å². The van der Waals surface area contributed by atoms with Crippen LogP contribution in [-0.4, -0.2) is 22.2 Å². The summed E-state index contributed by atoms with van der Waals surface area (Å²) in [6.45, 7) is 0. The summed E-state index contributed by atoms with van der Waals surface area (Å²) in [5.41, 5.74) is 2.01. The largest absolute Gasteiger partial charge is 0.346 e. The molecule has 1 aliphatic rings. The summed E-state index contributed by atoms with van der Waals surface area (Å²) in [5, 5.41) is 1.26. The molecule has 12 heavy (non-hydrogen) atoms. The number of nitrogens with one attached hydrogen (secondary N) is 1. The number of amides is 2. The number of thioether (sulfide) groups is 1. The number of nitrogens with zero attached hydrogens (tertiary/aromatic N) is 1. The summed E-state index contributed by atoms with van der Waals surface area (Å²) in [4.78, 5) is 11.0. The molecule has 0 aliphatic carbocycles. The molecule has 6 heteroatoms. The number of nitrogens with two attached hydrogens (primary N) is 2. The number of hydrogen-bond donors (Lipinski definition) is 3. The molecule has 0 saturated carbocycles. The van der Waals surface area contributed by atoms with Gasteiger partial charge in [0, 0.05) is 0 Å². The lowest BCUT2D eigenvalue weighted by Crippen LogP contribution is -2.52. The predicted octanol–water partition coefficient (Wildman–Crippen LogP) is -0.0114. The Kier molecular flexibility index (Phi) is 3.64. The zero-order valence-electron chi connectivity index (χ0n) is 6.82. The minimum atomic E-state index is -0.422. The van der Waals surface area contributed by atoms with Gasteiger partial charge in [0.15, 0.2) is 0 Å². The van der Waals surface area contributed by atoms with Crippen LogP contribution >= 0.6 is 11.8 Å². The van der Waals surface area contributed by atoms with E-state index < -0.39 is 6.03 Å². The lowest BCUT2D eigenvalue weighted by atomic mass is 10.2. The number of urea groups is 1. The van der Waals surface area contributed by atoms with Crippen LogP contribution in [0.2, 0.25) is 0 Å². The van der Waals surface area contributed by atoms with Crippen molar-refractivity contribution in [3.05, 3.63) is 0 Å². The van der Waals surface area contributed by atoms with Crippen LogP contribution in [0.1, 0.15) is 19.3 Å². The van der Waals surface area contributed by atoms with Gasteiger partial charge in [-0.15, -0.1) is 11.8 Å². The average molecular weight is 190 g/mol. The van der Waals surface area contributed by atoms with E-state index in [1.165, 1.54) is 11.4 Å². The molecule has 1 rings (SSSR count).